The maximum absolute atomic E-state index is 9.29. The fraction of sp³-hybridized carbons (Fsp3) is 0.462. The molecule has 0 aliphatic rings. The first kappa shape index (κ1) is 12.1. The number of aliphatic hydroxyl groups excluding tert-OH is 1. The number of ether oxygens (including phenoxy) is 1. The lowest BCUT2D eigenvalue weighted by Gasteiger charge is -2.08. The number of rotatable bonds is 5. The quantitative estimate of drug-likeness (QED) is 0.860. The van der Waals surface area contributed by atoms with Crippen LogP contribution in [0.5, 0.6) is 0 Å². The molecule has 17 heavy (non-hydrogen) atoms. The van der Waals surface area contributed by atoms with E-state index in [0.29, 0.717) is 6.61 Å². The van der Waals surface area contributed by atoms with Gasteiger partial charge in [-0.25, -0.2) is 4.98 Å². The van der Waals surface area contributed by atoms with E-state index in [4.69, 9.17) is 4.74 Å². The molecule has 4 nitrogen and oxygen atoms in total. The van der Waals surface area contributed by atoms with Gasteiger partial charge < -0.3 is 14.4 Å². The summed E-state index contributed by atoms with van der Waals surface area (Å²) in [5.41, 5.74) is 1.82. The zero-order chi connectivity index (χ0) is 12.3. The average Bonchev–Trinajstić information content (AvgIpc) is 2.68. The summed E-state index contributed by atoms with van der Waals surface area (Å²) in [5, 5.41) is 10.3. The third kappa shape index (κ3) is 2.65. The number of hydrogen-bond donors (Lipinski definition) is 1. The second kappa shape index (κ2) is 5.29. The zero-order valence-electron chi connectivity index (χ0n) is 10.3. The highest BCUT2D eigenvalue weighted by atomic mass is 16.5. The van der Waals surface area contributed by atoms with Gasteiger partial charge in [0.05, 0.1) is 19.3 Å². The molecule has 0 fully saturated rings. The molecule has 92 valence electrons. The minimum absolute atomic E-state index is 0.0419. The van der Waals surface area contributed by atoms with Crippen LogP contribution in [0, 0.1) is 0 Å². The van der Waals surface area contributed by atoms with Crippen molar-refractivity contribution in [1.82, 2.24) is 9.55 Å². The van der Waals surface area contributed by atoms with Gasteiger partial charge in [-0.3, -0.25) is 0 Å². The molecule has 0 saturated heterocycles. The molecule has 1 N–H and O–H groups in total. The molecule has 0 bridgehead atoms. The van der Waals surface area contributed by atoms with Gasteiger partial charge in [-0.1, -0.05) is 0 Å². The van der Waals surface area contributed by atoms with E-state index in [9.17, 15) is 5.11 Å². The lowest BCUT2D eigenvalue weighted by atomic mass is 10.2. The highest BCUT2D eigenvalue weighted by Crippen LogP contribution is 2.19. The third-order valence-electron chi connectivity index (χ3n) is 2.67. The normalized spacial score (nSPS) is 11.5. The van der Waals surface area contributed by atoms with Crippen molar-refractivity contribution in [3.05, 3.63) is 30.1 Å². The molecule has 2 aromatic heterocycles. The number of fused-ring (bicyclic) bond motifs is 1. The summed E-state index contributed by atoms with van der Waals surface area (Å²) < 4.78 is 7.56. The van der Waals surface area contributed by atoms with Crippen LogP contribution in [0.2, 0.25) is 0 Å². The molecule has 0 aliphatic carbocycles. The SMILES string of the molecule is CC(C)OCCn1cc(CO)c2cccnc21. The van der Waals surface area contributed by atoms with E-state index in [-0.39, 0.29) is 12.7 Å². The number of hydrogen-bond acceptors (Lipinski definition) is 3. The van der Waals surface area contributed by atoms with Gasteiger partial charge in [0.2, 0.25) is 0 Å². The molecule has 0 atom stereocenters. The Labute approximate surface area is 101 Å². The molecule has 0 aromatic carbocycles. The molecule has 2 heterocycles. The minimum Gasteiger partial charge on any atom is -0.392 e. The van der Waals surface area contributed by atoms with Crippen molar-refractivity contribution >= 4 is 11.0 Å². The summed E-state index contributed by atoms with van der Waals surface area (Å²) in [6, 6.07) is 3.87. The summed E-state index contributed by atoms with van der Waals surface area (Å²) in [5.74, 6) is 0. The van der Waals surface area contributed by atoms with E-state index in [1.807, 2.05) is 36.7 Å². The lowest BCUT2D eigenvalue weighted by molar-refractivity contribution is 0.0732. The van der Waals surface area contributed by atoms with Crippen LogP contribution in [0.3, 0.4) is 0 Å². The van der Waals surface area contributed by atoms with Crippen molar-refractivity contribution in [3.63, 3.8) is 0 Å². The second-order valence-corrected chi connectivity index (χ2v) is 4.30. The van der Waals surface area contributed by atoms with Crippen LogP contribution in [0.4, 0.5) is 0 Å². The Morgan fingerprint density at radius 2 is 2.29 bits per heavy atom. The Morgan fingerprint density at radius 3 is 3.00 bits per heavy atom. The van der Waals surface area contributed by atoms with Crippen molar-refractivity contribution in [1.29, 1.82) is 0 Å². The summed E-state index contributed by atoms with van der Waals surface area (Å²) in [6.45, 7) is 5.49. The van der Waals surface area contributed by atoms with Crippen molar-refractivity contribution in [2.24, 2.45) is 0 Å². The van der Waals surface area contributed by atoms with Crippen LogP contribution in [-0.2, 0) is 17.9 Å². The van der Waals surface area contributed by atoms with E-state index in [0.717, 1.165) is 23.1 Å². The highest BCUT2D eigenvalue weighted by molar-refractivity contribution is 5.80. The van der Waals surface area contributed by atoms with Gasteiger partial charge in [0.1, 0.15) is 5.65 Å². The van der Waals surface area contributed by atoms with Gasteiger partial charge in [-0.2, -0.15) is 0 Å². The molecule has 0 aliphatic heterocycles. The molecule has 4 heteroatoms. The smallest absolute Gasteiger partial charge is 0.140 e. The van der Waals surface area contributed by atoms with Gasteiger partial charge in [0.25, 0.3) is 0 Å². The van der Waals surface area contributed by atoms with Crippen molar-refractivity contribution in [2.75, 3.05) is 6.61 Å². The Kier molecular flexibility index (Phi) is 3.76. The monoisotopic (exact) mass is 234 g/mol. The predicted molar refractivity (Wildman–Crippen MR) is 66.7 cm³/mol. The molecular formula is C13H18N2O2. The standard InChI is InChI=1S/C13H18N2O2/c1-10(2)17-7-6-15-8-11(9-16)12-4-3-5-14-13(12)15/h3-5,8,10,16H,6-7,9H2,1-2H3. The average molecular weight is 234 g/mol. The Hall–Kier alpha value is -1.39. The van der Waals surface area contributed by atoms with Crippen LogP contribution < -0.4 is 0 Å². The Morgan fingerprint density at radius 1 is 1.47 bits per heavy atom. The maximum atomic E-state index is 9.29. The Bertz CT molecular complexity index is 491. The fourth-order valence-electron chi connectivity index (χ4n) is 1.88. The van der Waals surface area contributed by atoms with E-state index in [1.54, 1.807) is 6.20 Å². The topological polar surface area (TPSA) is 47.3 Å². The first-order chi connectivity index (χ1) is 8.22. The molecule has 0 unspecified atom stereocenters. The number of pyridine rings is 1. The van der Waals surface area contributed by atoms with Crippen LogP contribution in [0.15, 0.2) is 24.5 Å². The van der Waals surface area contributed by atoms with E-state index in [1.165, 1.54) is 0 Å². The molecular weight excluding hydrogens is 216 g/mol. The van der Waals surface area contributed by atoms with Crippen LogP contribution in [0.1, 0.15) is 19.4 Å². The number of nitrogens with zero attached hydrogens (tertiary/aromatic N) is 2. The predicted octanol–water partition coefficient (Wildman–Crippen LogP) is 1.95. The fourth-order valence-corrected chi connectivity index (χ4v) is 1.88. The first-order valence-corrected chi connectivity index (χ1v) is 5.87. The molecule has 0 spiro atoms. The zero-order valence-corrected chi connectivity index (χ0v) is 10.3. The molecule has 0 amide bonds. The molecule has 0 radical (unpaired) electrons. The number of aromatic nitrogens is 2. The maximum Gasteiger partial charge on any atom is 0.140 e. The summed E-state index contributed by atoms with van der Waals surface area (Å²) in [6.07, 6.45) is 3.95. The van der Waals surface area contributed by atoms with Crippen molar-refractivity contribution in [2.45, 2.75) is 33.1 Å². The highest BCUT2D eigenvalue weighted by Gasteiger charge is 2.08. The van der Waals surface area contributed by atoms with Gasteiger partial charge >= 0.3 is 0 Å². The van der Waals surface area contributed by atoms with Crippen LogP contribution in [0.25, 0.3) is 11.0 Å². The van der Waals surface area contributed by atoms with Gasteiger partial charge in [-0.05, 0) is 26.0 Å². The molecule has 0 saturated carbocycles. The van der Waals surface area contributed by atoms with E-state index in [2.05, 4.69) is 4.98 Å². The first-order valence-electron chi connectivity index (χ1n) is 5.87. The van der Waals surface area contributed by atoms with Gasteiger partial charge in [0.15, 0.2) is 0 Å². The second-order valence-electron chi connectivity index (χ2n) is 4.30. The van der Waals surface area contributed by atoms with E-state index < -0.39 is 0 Å². The number of aliphatic hydroxyl groups is 1. The molecule has 2 rings (SSSR count). The van der Waals surface area contributed by atoms with Gasteiger partial charge in [0, 0.05) is 29.9 Å². The summed E-state index contributed by atoms with van der Waals surface area (Å²) in [4.78, 5) is 4.34. The molecule has 2 aromatic rings. The van der Waals surface area contributed by atoms with Crippen molar-refractivity contribution in [3.8, 4) is 0 Å². The Balaban J connectivity index is 2.22. The van der Waals surface area contributed by atoms with Crippen LogP contribution >= 0.6 is 0 Å². The lowest BCUT2D eigenvalue weighted by Crippen LogP contribution is -2.10. The minimum atomic E-state index is 0.0419. The van der Waals surface area contributed by atoms with Crippen molar-refractivity contribution < 1.29 is 9.84 Å². The third-order valence-corrected chi connectivity index (χ3v) is 2.67. The van der Waals surface area contributed by atoms with E-state index >= 15 is 0 Å². The summed E-state index contributed by atoms with van der Waals surface area (Å²) in [7, 11) is 0. The van der Waals surface area contributed by atoms with Gasteiger partial charge in [-0.15, -0.1) is 0 Å². The summed E-state index contributed by atoms with van der Waals surface area (Å²) >= 11 is 0. The largest absolute Gasteiger partial charge is 0.392 e. The van der Waals surface area contributed by atoms with Crippen LogP contribution in [-0.4, -0.2) is 27.4 Å².